The van der Waals surface area contributed by atoms with Crippen molar-refractivity contribution in [2.45, 2.75) is 57.9 Å². The van der Waals surface area contributed by atoms with Gasteiger partial charge in [0.2, 0.25) is 5.91 Å². The lowest BCUT2D eigenvalue weighted by Gasteiger charge is -2.33. The van der Waals surface area contributed by atoms with E-state index in [9.17, 15) is 4.79 Å². The summed E-state index contributed by atoms with van der Waals surface area (Å²) in [5.74, 6) is 0.302. The summed E-state index contributed by atoms with van der Waals surface area (Å²) in [5.41, 5.74) is 6.66. The molecule has 1 unspecified atom stereocenters. The van der Waals surface area contributed by atoms with Crippen LogP contribution in [-0.4, -0.2) is 40.2 Å². The minimum Gasteiger partial charge on any atom is -0.341 e. The summed E-state index contributed by atoms with van der Waals surface area (Å²) in [4.78, 5) is 14.3. The molecule has 118 valence electrons. The minimum absolute atomic E-state index is 0.302. The van der Waals surface area contributed by atoms with Gasteiger partial charge in [0, 0.05) is 25.7 Å². The normalized spacial score (nSPS) is 19.0. The molecule has 1 amide bonds. The van der Waals surface area contributed by atoms with Gasteiger partial charge in [-0.15, -0.1) is 0 Å². The number of nitrogens with zero attached hydrogens (tertiary/aromatic N) is 3. The Balaban J connectivity index is 1.76. The fourth-order valence-corrected chi connectivity index (χ4v) is 2.96. The van der Waals surface area contributed by atoms with Crippen LogP contribution < -0.4 is 5.73 Å². The van der Waals surface area contributed by atoms with Gasteiger partial charge >= 0.3 is 0 Å². The maximum atomic E-state index is 12.3. The highest BCUT2D eigenvalue weighted by Gasteiger charge is 2.24. The molecule has 1 saturated heterocycles. The number of unbranched alkanes of at least 4 members (excludes halogenated alkanes) is 3. The molecule has 0 aromatic carbocycles. The summed E-state index contributed by atoms with van der Waals surface area (Å²) in [6, 6.07) is 0.341. The van der Waals surface area contributed by atoms with Gasteiger partial charge in [-0.2, -0.15) is 5.10 Å². The predicted molar refractivity (Wildman–Crippen MR) is 84.0 cm³/mol. The zero-order valence-electron chi connectivity index (χ0n) is 13.1. The maximum absolute atomic E-state index is 12.3. The van der Waals surface area contributed by atoms with Crippen LogP contribution in [0.5, 0.6) is 0 Å². The predicted octanol–water partition coefficient (Wildman–Crippen LogP) is 2.26. The van der Waals surface area contributed by atoms with Crippen LogP contribution in [0.1, 0.15) is 56.6 Å². The summed E-state index contributed by atoms with van der Waals surface area (Å²) < 4.78 is 2.02. The number of carbonyl (C=O) groups excluding carboxylic acids is 1. The largest absolute Gasteiger partial charge is 0.341 e. The number of carbonyl (C=O) groups is 1. The molecule has 1 fully saturated rings. The van der Waals surface area contributed by atoms with Crippen LogP contribution >= 0.6 is 0 Å². The number of hydrogen-bond acceptors (Lipinski definition) is 3. The fourth-order valence-electron chi connectivity index (χ4n) is 2.96. The van der Waals surface area contributed by atoms with Crippen LogP contribution in [0.3, 0.4) is 0 Å². The lowest BCUT2D eigenvalue weighted by Crippen LogP contribution is -2.40. The first kappa shape index (κ1) is 16.0. The molecule has 1 aromatic heterocycles. The molecule has 0 saturated carbocycles. The molecule has 0 bridgehead atoms. The summed E-state index contributed by atoms with van der Waals surface area (Å²) in [5, 5.41) is 4.40. The molecule has 1 aliphatic rings. The Kier molecular flexibility index (Phi) is 6.23. The second-order valence-electron chi connectivity index (χ2n) is 6.09. The van der Waals surface area contributed by atoms with Gasteiger partial charge in [0.25, 0.3) is 0 Å². The van der Waals surface area contributed by atoms with E-state index in [1.54, 1.807) is 0 Å². The number of nitrogens with two attached hydrogens (primary N) is 1. The molecule has 2 N–H and O–H groups in total. The van der Waals surface area contributed by atoms with Crippen molar-refractivity contribution in [3.05, 3.63) is 18.0 Å². The SMILES string of the molecule is Cc1cnn(C2CCCN(C(=O)CCCCCCN)C2)c1. The van der Waals surface area contributed by atoms with Gasteiger partial charge in [0.1, 0.15) is 0 Å². The first-order valence-electron chi connectivity index (χ1n) is 8.19. The first-order chi connectivity index (χ1) is 10.2. The molecule has 5 nitrogen and oxygen atoms in total. The number of amides is 1. The van der Waals surface area contributed by atoms with Gasteiger partial charge < -0.3 is 10.6 Å². The molecular weight excluding hydrogens is 264 g/mol. The van der Waals surface area contributed by atoms with Crippen LogP contribution in [0.2, 0.25) is 0 Å². The summed E-state index contributed by atoms with van der Waals surface area (Å²) >= 11 is 0. The first-order valence-corrected chi connectivity index (χ1v) is 8.19. The molecule has 0 radical (unpaired) electrons. The van der Waals surface area contributed by atoms with E-state index in [1.165, 1.54) is 5.56 Å². The van der Waals surface area contributed by atoms with E-state index in [1.807, 2.05) is 15.8 Å². The average molecular weight is 292 g/mol. The lowest BCUT2D eigenvalue weighted by atomic mass is 10.0. The maximum Gasteiger partial charge on any atom is 0.222 e. The highest BCUT2D eigenvalue weighted by Crippen LogP contribution is 2.22. The Morgan fingerprint density at radius 1 is 1.38 bits per heavy atom. The van der Waals surface area contributed by atoms with E-state index in [-0.39, 0.29) is 0 Å². The summed E-state index contributed by atoms with van der Waals surface area (Å²) in [7, 11) is 0. The molecule has 0 aliphatic carbocycles. The van der Waals surface area contributed by atoms with Crippen molar-refractivity contribution in [3.8, 4) is 0 Å². The quantitative estimate of drug-likeness (QED) is 0.784. The third kappa shape index (κ3) is 4.84. The van der Waals surface area contributed by atoms with Crippen LogP contribution in [0.25, 0.3) is 0 Å². The minimum atomic E-state index is 0.302. The standard InChI is InChI=1S/C16H28N4O/c1-14-11-18-20(12-14)15-7-6-10-19(13-15)16(21)8-4-2-3-5-9-17/h11-12,15H,2-10,13,17H2,1H3. The van der Waals surface area contributed by atoms with E-state index < -0.39 is 0 Å². The van der Waals surface area contributed by atoms with Gasteiger partial charge in [-0.05, 0) is 44.7 Å². The monoisotopic (exact) mass is 292 g/mol. The molecule has 1 aliphatic heterocycles. The van der Waals surface area contributed by atoms with E-state index in [4.69, 9.17) is 5.73 Å². The van der Waals surface area contributed by atoms with Crippen LogP contribution in [-0.2, 0) is 4.79 Å². The zero-order chi connectivity index (χ0) is 15.1. The number of rotatable bonds is 7. The molecule has 1 atom stereocenters. The van der Waals surface area contributed by atoms with E-state index in [0.717, 1.165) is 58.2 Å². The highest BCUT2D eigenvalue weighted by molar-refractivity contribution is 5.76. The Labute approximate surface area is 127 Å². The molecule has 21 heavy (non-hydrogen) atoms. The third-order valence-electron chi connectivity index (χ3n) is 4.20. The second kappa shape index (κ2) is 8.17. The van der Waals surface area contributed by atoms with Crippen molar-refractivity contribution >= 4 is 5.91 Å². The lowest BCUT2D eigenvalue weighted by molar-refractivity contribution is -0.133. The Morgan fingerprint density at radius 3 is 2.90 bits per heavy atom. The number of hydrogen-bond donors (Lipinski definition) is 1. The number of aryl methyl sites for hydroxylation is 1. The molecule has 1 aromatic rings. The van der Waals surface area contributed by atoms with Crippen molar-refractivity contribution in [2.75, 3.05) is 19.6 Å². The molecule has 2 rings (SSSR count). The number of likely N-dealkylation sites (tertiary alicyclic amines) is 1. The van der Waals surface area contributed by atoms with E-state index >= 15 is 0 Å². The molecule has 2 heterocycles. The van der Waals surface area contributed by atoms with Crippen molar-refractivity contribution in [1.82, 2.24) is 14.7 Å². The van der Waals surface area contributed by atoms with Crippen molar-refractivity contribution < 1.29 is 4.79 Å². The topological polar surface area (TPSA) is 64.2 Å². The van der Waals surface area contributed by atoms with Gasteiger partial charge in [-0.1, -0.05) is 12.8 Å². The molecular formula is C16H28N4O. The van der Waals surface area contributed by atoms with Crippen LogP contribution in [0.4, 0.5) is 0 Å². The molecule has 0 spiro atoms. The average Bonchev–Trinajstić information content (AvgIpc) is 2.93. The zero-order valence-corrected chi connectivity index (χ0v) is 13.1. The highest BCUT2D eigenvalue weighted by atomic mass is 16.2. The van der Waals surface area contributed by atoms with Crippen molar-refractivity contribution in [1.29, 1.82) is 0 Å². The Bertz CT molecular complexity index is 443. The number of aromatic nitrogens is 2. The van der Waals surface area contributed by atoms with Crippen LogP contribution in [0, 0.1) is 6.92 Å². The van der Waals surface area contributed by atoms with Gasteiger partial charge in [-0.3, -0.25) is 9.48 Å². The van der Waals surface area contributed by atoms with Crippen molar-refractivity contribution in [2.24, 2.45) is 5.73 Å². The molecule has 5 heteroatoms. The Morgan fingerprint density at radius 2 is 2.19 bits per heavy atom. The van der Waals surface area contributed by atoms with Crippen molar-refractivity contribution in [3.63, 3.8) is 0 Å². The number of piperidine rings is 1. The fraction of sp³-hybridized carbons (Fsp3) is 0.750. The summed E-state index contributed by atoms with van der Waals surface area (Å²) in [6.45, 7) is 4.52. The van der Waals surface area contributed by atoms with Gasteiger partial charge in [0.05, 0.1) is 12.2 Å². The second-order valence-corrected chi connectivity index (χ2v) is 6.09. The van der Waals surface area contributed by atoms with Crippen LogP contribution in [0.15, 0.2) is 12.4 Å². The third-order valence-corrected chi connectivity index (χ3v) is 4.20. The Hall–Kier alpha value is -1.36. The van der Waals surface area contributed by atoms with Gasteiger partial charge in [-0.25, -0.2) is 0 Å². The van der Waals surface area contributed by atoms with Gasteiger partial charge in [0.15, 0.2) is 0 Å². The summed E-state index contributed by atoms with van der Waals surface area (Å²) in [6.07, 6.45) is 11.1. The smallest absolute Gasteiger partial charge is 0.222 e. The van der Waals surface area contributed by atoms with E-state index in [2.05, 4.69) is 18.2 Å². The van der Waals surface area contributed by atoms with E-state index in [0.29, 0.717) is 18.4 Å².